The molecule has 0 unspecified atom stereocenters. The van der Waals surface area contributed by atoms with Crippen molar-refractivity contribution in [3.8, 4) is 5.75 Å². The fourth-order valence-electron chi connectivity index (χ4n) is 1.58. The Bertz CT molecular complexity index is 704. The fraction of sp³-hybridized carbons (Fsp3) is 0.308. The number of aromatic nitrogens is 3. The molecule has 0 saturated heterocycles. The molecule has 0 atom stereocenters. The van der Waals surface area contributed by atoms with E-state index >= 15 is 0 Å². The lowest BCUT2D eigenvalue weighted by atomic mass is 10.3. The normalized spacial score (nSPS) is 12.8. The van der Waals surface area contributed by atoms with Crippen LogP contribution in [0.1, 0.15) is 30.2 Å². The Kier molecular flexibility index (Phi) is 6.51. The zero-order valence-electron chi connectivity index (χ0n) is 11.9. The molecule has 2 heterocycles. The number of furan rings is 1. The average Bonchev–Trinajstić information content (AvgIpc) is 2.91. The van der Waals surface area contributed by atoms with Gasteiger partial charge in [0.05, 0.1) is 12.9 Å². The van der Waals surface area contributed by atoms with Crippen LogP contribution in [0.4, 0.5) is 0 Å². The average molecular weight is 452 g/mol. The van der Waals surface area contributed by atoms with Gasteiger partial charge >= 0.3 is 0 Å². The summed E-state index contributed by atoms with van der Waals surface area (Å²) in [6.45, 7) is 2.34. The molecule has 0 aliphatic carbocycles. The SMILES string of the molecule is CCOc1ccoc1/C=C/c1nc(C(Cl)(Cl)Cl)nc(C(Cl)(Cl)Cl)n1. The lowest BCUT2D eigenvalue weighted by molar-refractivity contribution is 0.334. The maximum Gasteiger partial charge on any atom is 0.250 e. The van der Waals surface area contributed by atoms with E-state index in [0.29, 0.717) is 18.1 Å². The van der Waals surface area contributed by atoms with Crippen LogP contribution in [0.2, 0.25) is 0 Å². The summed E-state index contributed by atoms with van der Waals surface area (Å²) in [5.74, 6) is 0.793. The van der Waals surface area contributed by atoms with Gasteiger partial charge in [0, 0.05) is 6.07 Å². The topological polar surface area (TPSA) is 61.0 Å². The predicted octanol–water partition coefficient (Wildman–Crippen LogP) is 5.69. The monoisotopic (exact) mass is 449 g/mol. The van der Waals surface area contributed by atoms with E-state index in [2.05, 4.69) is 15.0 Å². The van der Waals surface area contributed by atoms with E-state index in [9.17, 15) is 0 Å². The smallest absolute Gasteiger partial charge is 0.250 e. The van der Waals surface area contributed by atoms with Gasteiger partial charge in [0.2, 0.25) is 7.59 Å². The van der Waals surface area contributed by atoms with Gasteiger partial charge < -0.3 is 9.15 Å². The van der Waals surface area contributed by atoms with E-state index in [1.54, 1.807) is 12.1 Å². The number of hydrogen-bond acceptors (Lipinski definition) is 5. The molecular formula is C13H9Cl6N3O2. The van der Waals surface area contributed by atoms with Crippen LogP contribution >= 0.6 is 69.6 Å². The molecule has 2 aromatic heterocycles. The molecule has 24 heavy (non-hydrogen) atoms. The summed E-state index contributed by atoms with van der Waals surface area (Å²) in [6.07, 6.45) is 4.55. The first-order valence-corrected chi connectivity index (χ1v) is 8.67. The molecule has 0 amide bonds. The van der Waals surface area contributed by atoms with E-state index in [4.69, 9.17) is 78.8 Å². The van der Waals surface area contributed by atoms with Crippen LogP contribution in [0.3, 0.4) is 0 Å². The molecule has 0 fully saturated rings. The lowest BCUT2D eigenvalue weighted by Gasteiger charge is -2.14. The third-order valence-corrected chi connectivity index (χ3v) is 3.51. The summed E-state index contributed by atoms with van der Waals surface area (Å²) >= 11 is 34.8. The maximum atomic E-state index is 5.80. The number of alkyl halides is 6. The molecule has 0 spiro atoms. The molecule has 5 nitrogen and oxygen atoms in total. The molecule has 130 valence electrons. The standard InChI is InChI=1S/C13H9Cl6N3O2/c1-2-23-8-5-6-24-7(8)3-4-9-20-10(12(14,15)16)22-11(21-9)13(17,18)19/h3-6H,2H2,1H3/b4-3+. The van der Waals surface area contributed by atoms with Gasteiger partial charge in [0.1, 0.15) is 0 Å². The third-order valence-electron chi connectivity index (χ3n) is 2.50. The lowest BCUT2D eigenvalue weighted by Crippen LogP contribution is -2.16. The second kappa shape index (κ2) is 7.85. The minimum Gasteiger partial charge on any atom is -0.490 e. The van der Waals surface area contributed by atoms with Gasteiger partial charge in [-0.2, -0.15) is 0 Å². The highest BCUT2D eigenvalue weighted by atomic mass is 35.6. The Labute approximate surface area is 167 Å². The third kappa shape index (κ3) is 5.28. The molecule has 2 rings (SSSR count). The molecule has 0 bridgehead atoms. The first kappa shape index (κ1) is 19.9. The second-order valence-corrected chi connectivity index (χ2v) is 8.81. The Morgan fingerprint density at radius 2 is 1.58 bits per heavy atom. The van der Waals surface area contributed by atoms with Crippen molar-refractivity contribution in [1.82, 2.24) is 15.0 Å². The zero-order chi connectivity index (χ0) is 18.0. The van der Waals surface area contributed by atoms with Crippen molar-refractivity contribution in [2.45, 2.75) is 14.5 Å². The Morgan fingerprint density at radius 1 is 1.00 bits per heavy atom. The zero-order valence-corrected chi connectivity index (χ0v) is 16.5. The first-order valence-electron chi connectivity index (χ1n) is 6.40. The van der Waals surface area contributed by atoms with Gasteiger partial charge in [0.25, 0.3) is 0 Å². The van der Waals surface area contributed by atoms with Crippen LogP contribution < -0.4 is 4.74 Å². The van der Waals surface area contributed by atoms with E-state index in [-0.39, 0.29) is 17.5 Å². The Balaban J connectivity index is 2.42. The molecule has 0 aliphatic rings. The van der Waals surface area contributed by atoms with Crippen LogP contribution in [-0.4, -0.2) is 21.6 Å². The second-order valence-electron chi connectivity index (χ2n) is 4.25. The van der Waals surface area contributed by atoms with Crippen molar-refractivity contribution in [3.63, 3.8) is 0 Å². The highest BCUT2D eigenvalue weighted by Crippen LogP contribution is 2.40. The molecule has 0 radical (unpaired) electrons. The van der Waals surface area contributed by atoms with Crippen LogP contribution in [-0.2, 0) is 7.59 Å². The number of halogens is 6. The summed E-state index contributed by atoms with van der Waals surface area (Å²) in [4.78, 5) is 11.9. The minimum absolute atomic E-state index is 0.117. The molecular weight excluding hydrogens is 443 g/mol. The predicted molar refractivity (Wildman–Crippen MR) is 97.1 cm³/mol. The van der Waals surface area contributed by atoms with Crippen molar-refractivity contribution in [2.24, 2.45) is 0 Å². The number of hydrogen-bond donors (Lipinski definition) is 0. The molecule has 0 aliphatic heterocycles. The van der Waals surface area contributed by atoms with Gasteiger partial charge in [-0.15, -0.1) is 0 Å². The highest BCUT2D eigenvalue weighted by Gasteiger charge is 2.33. The van der Waals surface area contributed by atoms with Gasteiger partial charge in [-0.3, -0.25) is 0 Å². The largest absolute Gasteiger partial charge is 0.490 e. The number of nitrogens with zero attached hydrogens (tertiary/aromatic N) is 3. The quantitative estimate of drug-likeness (QED) is 0.559. The maximum absolute atomic E-state index is 5.80. The van der Waals surface area contributed by atoms with Crippen LogP contribution in [0.25, 0.3) is 12.2 Å². The van der Waals surface area contributed by atoms with Crippen LogP contribution in [0.5, 0.6) is 5.75 Å². The van der Waals surface area contributed by atoms with Crippen molar-refractivity contribution < 1.29 is 9.15 Å². The van der Waals surface area contributed by atoms with Gasteiger partial charge in [-0.05, 0) is 19.1 Å². The molecule has 11 heteroatoms. The number of rotatable bonds is 4. The molecule has 0 aromatic carbocycles. The molecule has 0 N–H and O–H groups in total. The molecule has 0 saturated carbocycles. The minimum atomic E-state index is -1.91. The van der Waals surface area contributed by atoms with Crippen molar-refractivity contribution >= 4 is 81.8 Å². The van der Waals surface area contributed by atoms with Crippen LogP contribution in [0, 0.1) is 0 Å². The number of ether oxygens (including phenoxy) is 1. The molecule has 2 aromatic rings. The van der Waals surface area contributed by atoms with Crippen molar-refractivity contribution in [1.29, 1.82) is 0 Å². The summed E-state index contributed by atoms with van der Waals surface area (Å²) < 4.78 is 6.88. The Hall–Kier alpha value is -0.430. The van der Waals surface area contributed by atoms with E-state index in [0.717, 1.165) is 0 Å². The summed E-state index contributed by atoms with van der Waals surface area (Å²) in [6, 6.07) is 1.68. The van der Waals surface area contributed by atoms with E-state index < -0.39 is 7.59 Å². The van der Waals surface area contributed by atoms with Crippen molar-refractivity contribution in [3.05, 3.63) is 35.6 Å². The van der Waals surface area contributed by atoms with Gasteiger partial charge in [-0.25, -0.2) is 15.0 Å². The fourth-order valence-corrected chi connectivity index (χ4v) is 2.08. The van der Waals surface area contributed by atoms with Gasteiger partial charge in [0.15, 0.2) is 29.0 Å². The van der Waals surface area contributed by atoms with E-state index in [1.807, 2.05) is 6.92 Å². The Morgan fingerprint density at radius 3 is 2.08 bits per heavy atom. The highest BCUT2D eigenvalue weighted by molar-refractivity contribution is 6.67. The van der Waals surface area contributed by atoms with Crippen LogP contribution in [0.15, 0.2) is 16.7 Å². The summed E-state index contributed by atoms with van der Waals surface area (Å²) in [5.41, 5.74) is 0. The first-order chi connectivity index (χ1) is 11.1. The summed E-state index contributed by atoms with van der Waals surface area (Å²) in [5, 5.41) is 0. The van der Waals surface area contributed by atoms with Gasteiger partial charge in [-0.1, -0.05) is 69.6 Å². The van der Waals surface area contributed by atoms with Crippen molar-refractivity contribution in [2.75, 3.05) is 6.61 Å². The van der Waals surface area contributed by atoms with E-state index in [1.165, 1.54) is 12.3 Å². The summed E-state index contributed by atoms with van der Waals surface area (Å²) in [7, 11) is 0.